The van der Waals surface area contributed by atoms with Gasteiger partial charge in [0.2, 0.25) is 0 Å². The quantitative estimate of drug-likeness (QED) is 0.746. The first-order valence-corrected chi connectivity index (χ1v) is 8.89. The minimum absolute atomic E-state index is 0. The lowest BCUT2D eigenvalue weighted by Crippen LogP contribution is -2.47. The van der Waals surface area contributed by atoms with Crippen LogP contribution in [0.3, 0.4) is 0 Å². The molecule has 26 heavy (non-hydrogen) atoms. The van der Waals surface area contributed by atoms with E-state index < -0.39 is 0 Å². The van der Waals surface area contributed by atoms with Crippen LogP contribution < -0.4 is 5.32 Å². The summed E-state index contributed by atoms with van der Waals surface area (Å²) in [6, 6.07) is 8.36. The number of hydrogen-bond donors (Lipinski definition) is 1. The number of rotatable bonds is 5. The Kier molecular flexibility index (Phi) is 9.28. The molecule has 1 N–H and O–H groups in total. The molecule has 2 aromatic heterocycles. The average Bonchev–Trinajstić information content (AvgIpc) is 2.58. The molecule has 0 bridgehead atoms. The molecule has 4 nitrogen and oxygen atoms in total. The van der Waals surface area contributed by atoms with E-state index in [9.17, 15) is 0 Å². The molecular formula is C19H27Cl3N4. The summed E-state index contributed by atoms with van der Waals surface area (Å²) >= 11 is 6.22. The Bertz CT molecular complexity index is 673. The van der Waals surface area contributed by atoms with Crippen molar-refractivity contribution in [2.75, 3.05) is 26.7 Å². The summed E-state index contributed by atoms with van der Waals surface area (Å²) in [5.74, 6) is 0. The maximum Gasteiger partial charge on any atom is 0.133 e. The van der Waals surface area contributed by atoms with Crippen LogP contribution in [0.4, 0.5) is 0 Å². The summed E-state index contributed by atoms with van der Waals surface area (Å²) in [6.45, 7) is 5.93. The van der Waals surface area contributed by atoms with Crippen molar-refractivity contribution in [2.45, 2.75) is 31.7 Å². The number of nitrogens with zero attached hydrogens (tertiary/aromatic N) is 3. The molecule has 3 rings (SSSR count). The zero-order valence-electron chi connectivity index (χ0n) is 15.2. The molecule has 0 amide bonds. The van der Waals surface area contributed by atoms with Gasteiger partial charge in [0.05, 0.1) is 0 Å². The summed E-state index contributed by atoms with van der Waals surface area (Å²) in [6.07, 6.45) is 5.93. The molecule has 1 saturated heterocycles. The first kappa shape index (κ1) is 23.1. The number of nitrogens with one attached hydrogen (secondary N) is 1. The molecule has 7 heteroatoms. The summed E-state index contributed by atoms with van der Waals surface area (Å²) < 4.78 is 0. The second-order valence-corrected chi connectivity index (χ2v) is 7.23. The highest BCUT2D eigenvalue weighted by atomic mass is 35.5. The van der Waals surface area contributed by atoms with Crippen LogP contribution in [-0.2, 0) is 12.0 Å². The Hall–Kier alpha value is -0.910. The zero-order valence-corrected chi connectivity index (χ0v) is 17.6. The molecule has 0 spiro atoms. The second-order valence-electron chi connectivity index (χ2n) is 6.88. The van der Waals surface area contributed by atoms with Gasteiger partial charge in [0.15, 0.2) is 0 Å². The molecule has 0 aliphatic carbocycles. The summed E-state index contributed by atoms with van der Waals surface area (Å²) in [7, 11) is 2.15. The fourth-order valence-electron chi connectivity index (χ4n) is 3.58. The molecule has 0 aromatic carbocycles. The Labute approximate surface area is 173 Å². The van der Waals surface area contributed by atoms with E-state index in [1.807, 2.05) is 18.3 Å². The molecular weight excluding hydrogens is 391 g/mol. The highest BCUT2D eigenvalue weighted by Crippen LogP contribution is 2.33. The van der Waals surface area contributed by atoms with E-state index in [-0.39, 0.29) is 30.2 Å². The van der Waals surface area contributed by atoms with Gasteiger partial charge >= 0.3 is 0 Å². The fourth-order valence-corrected chi connectivity index (χ4v) is 3.76. The molecule has 3 heterocycles. The third-order valence-electron chi connectivity index (χ3n) is 4.86. The topological polar surface area (TPSA) is 41.1 Å². The number of aromatic nitrogens is 2. The van der Waals surface area contributed by atoms with Crippen LogP contribution in [-0.4, -0.2) is 41.5 Å². The van der Waals surface area contributed by atoms with E-state index >= 15 is 0 Å². The Morgan fingerprint density at radius 2 is 1.88 bits per heavy atom. The van der Waals surface area contributed by atoms with Gasteiger partial charge in [-0.1, -0.05) is 23.7 Å². The summed E-state index contributed by atoms with van der Waals surface area (Å²) in [4.78, 5) is 11.3. The van der Waals surface area contributed by atoms with Crippen molar-refractivity contribution in [2.24, 2.45) is 0 Å². The average molecular weight is 418 g/mol. The first-order valence-electron chi connectivity index (χ1n) is 8.51. The van der Waals surface area contributed by atoms with Gasteiger partial charge < -0.3 is 10.2 Å². The van der Waals surface area contributed by atoms with Crippen molar-refractivity contribution in [1.82, 2.24) is 20.2 Å². The lowest BCUT2D eigenvalue weighted by atomic mass is 9.75. The van der Waals surface area contributed by atoms with Gasteiger partial charge in [-0.25, -0.2) is 4.98 Å². The molecule has 0 atom stereocenters. The second kappa shape index (κ2) is 10.4. The van der Waals surface area contributed by atoms with Gasteiger partial charge in [0, 0.05) is 42.2 Å². The van der Waals surface area contributed by atoms with E-state index in [0.29, 0.717) is 5.15 Å². The van der Waals surface area contributed by atoms with Crippen molar-refractivity contribution >= 4 is 36.4 Å². The number of hydrogen-bond acceptors (Lipinski definition) is 4. The van der Waals surface area contributed by atoms with Crippen molar-refractivity contribution in [1.29, 1.82) is 0 Å². The standard InChI is InChI=1S/C19H25ClN4.2ClH/c1-15-5-6-17(23-12-15)19(7-10-21-11-8-19)14-24(2)13-16-4-3-9-22-18(16)20;;/h3-6,9,12,21H,7-8,10-11,13-14H2,1-2H3;2*1H. The van der Waals surface area contributed by atoms with E-state index in [0.717, 1.165) is 44.6 Å². The van der Waals surface area contributed by atoms with Gasteiger partial charge in [-0.2, -0.15) is 0 Å². The van der Waals surface area contributed by atoms with E-state index in [1.165, 1.54) is 11.3 Å². The van der Waals surface area contributed by atoms with Crippen LogP contribution in [0.5, 0.6) is 0 Å². The zero-order chi connectivity index (χ0) is 17.0. The van der Waals surface area contributed by atoms with Crippen molar-refractivity contribution in [3.05, 3.63) is 58.6 Å². The smallest absolute Gasteiger partial charge is 0.133 e. The van der Waals surface area contributed by atoms with Gasteiger partial charge in [-0.3, -0.25) is 4.98 Å². The van der Waals surface area contributed by atoms with Gasteiger partial charge in [0.1, 0.15) is 5.15 Å². The van der Waals surface area contributed by atoms with Gasteiger partial charge in [-0.05, 0) is 57.6 Å². The Balaban J connectivity index is 0.00000169. The van der Waals surface area contributed by atoms with Crippen LogP contribution in [0.1, 0.15) is 29.7 Å². The predicted octanol–water partition coefficient (Wildman–Crippen LogP) is 4.04. The largest absolute Gasteiger partial charge is 0.317 e. The van der Waals surface area contributed by atoms with Crippen LogP contribution >= 0.6 is 36.4 Å². The normalized spacial score (nSPS) is 15.8. The molecule has 144 valence electrons. The maximum atomic E-state index is 6.22. The van der Waals surface area contributed by atoms with Crippen LogP contribution in [0.2, 0.25) is 5.15 Å². The molecule has 0 radical (unpaired) electrons. The predicted molar refractivity (Wildman–Crippen MR) is 113 cm³/mol. The number of likely N-dealkylation sites (N-methyl/N-ethyl adjacent to an activating group) is 1. The molecule has 1 aliphatic rings. The molecule has 0 unspecified atom stereocenters. The minimum atomic E-state index is 0. The molecule has 1 aliphatic heterocycles. The number of piperidine rings is 1. The number of aryl methyl sites for hydroxylation is 1. The molecule has 2 aromatic rings. The Morgan fingerprint density at radius 3 is 2.50 bits per heavy atom. The third-order valence-corrected chi connectivity index (χ3v) is 5.20. The summed E-state index contributed by atoms with van der Waals surface area (Å²) in [5.41, 5.74) is 3.59. The third kappa shape index (κ3) is 5.54. The van der Waals surface area contributed by atoms with Gasteiger partial charge in [0.25, 0.3) is 0 Å². The van der Waals surface area contributed by atoms with Crippen LogP contribution in [0.25, 0.3) is 0 Å². The number of halogens is 3. The van der Waals surface area contributed by atoms with Crippen LogP contribution in [0, 0.1) is 6.92 Å². The van der Waals surface area contributed by atoms with E-state index in [1.54, 1.807) is 6.20 Å². The maximum absolute atomic E-state index is 6.22. The molecule has 1 fully saturated rings. The van der Waals surface area contributed by atoms with Gasteiger partial charge in [-0.15, -0.1) is 24.8 Å². The lowest BCUT2D eigenvalue weighted by Gasteiger charge is -2.40. The van der Waals surface area contributed by atoms with Crippen molar-refractivity contribution in [3.8, 4) is 0 Å². The lowest BCUT2D eigenvalue weighted by molar-refractivity contribution is 0.191. The minimum Gasteiger partial charge on any atom is -0.317 e. The summed E-state index contributed by atoms with van der Waals surface area (Å²) in [5, 5.41) is 4.07. The SMILES string of the molecule is Cc1ccc(C2(CN(C)Cc3cccnc3Cl)CCNCC2)nc1.Cl.Cl. The van der Waals surface area contributed by atoms with Crippen LogP contribution in [0.15, 0.2) is 36.7 Å². The van der Waals surface area contributed by atoms with E-state index in [4.69, 9.17) is 16.6 Å². The van der Waals surface area contributed by atoms with Crippen molar-refractivity contribution < 1.29 is 0 Å². The Morgan fingerprint density at radius 1 is 1.15 bits per heavy atom. The highest BCUT2D eigenvalue weighted by Gasteiger charge is 2.36. The fraction of sp³-hybridized carbons (Fsp3) is 0.474. The van der Waals surface area contributed by atoms with Crippen molar-refractivity contribution in [3.63, 3.8) is 0 Å². The first-order chi connectivity index (χ1) is 11.6. The van der Waals surface area contributed by atoms with E-state index in [2.05, 4.69) is 41.3 Å². The highest BCUT2D eigenvalue weighted by molar-refractivity contribution is 6.30. The number of pyridine rings is 2. The monoisotopic (exact) mass is 416 g/mol. The molecule has 0 saturated carbocycles.